The molecule has 0 unspecified atom stereocenters. The molecule has 3 nitrogen and oxygen atoms in total. The van der Waals surface area contributed by atoms with Crippen molar-refractivity contribution in [1.29, 1.82) is 0 Å². The van der Waals surface area contributed by atoms with E-state index in [1.54, 1.807) is 11.3 Å². The summed E-state index contributed by atoms with van der Waals surface area (Å²) in [4.78, 5) is 12.8. The van der Waals surface area contributed by atoms with E-state index in [1.807, 2.05) is 56.5 Å². The second-order valence-electron chi connectivity index (χ2n) is 6.13. The third kappa shape index (κ3) is 3.08. The molecular formula is C20H18O3S. The van der Waals surface area contributed by atoms with Gasteiger partial charge in [-0.15, -0.1) is 11.3 Å². The van der Waals surface area contributed by atoms with Crippen molar-refractivity contribution in [3.05, 3.63) is 57.5 Å². The van der Waals surface area contributed by atoms with E-state index in [0.717, 1.165) is 15.8 Å². The predicted molar refractivity (Wildman–Crippen MR) is 96.5 cm³/mol. The minimum atomic E-state index is -0.853. The molecule has 24 heavy (non-hydrogen) atoms. The van der Waals surface area contributed by atoms with Crippen LogP contribution in [0.2, 0.25) is 0 Å². The number of rotatable bonds is 3. The van der Waals surface area contributed by atoms with Gasteiger partial charge in [0.2, 0.25) is 0 Å². The first-order valence-corrected chi connectivity index (χ1v) is 8.66. The Kier molecular flexibility index (Phi) is 4.46. The molecule has 0 aliphatic heterocycles. The SMILES string of the molecule is Cc1ccc2oc(C#Cc3cccs3)c([C@@H](C(=O)O)C(C)C)c2c1. The molecule has 0 saturated carbocycles. The standard InChI is InChI=1S/C20H18O3S/c1-12(2)18(20(21)22)19-15-11-13(3)6-8-16(15)23-17(19)9-7-14-5-4-10-24-14/h4-6,8,10-12,18H,1-3H3,(H,21,22)/t18-/m0/s1. The zero-order valence-corrected chi connectivity index (χ0v) is 14.6. The molecule has 122 valence electrons. The Morgan fingerprint density at radius 1 is 1.25 bits per heavy atom. The van der Waals surface area contributed by atoms with Crippen LogP contribution >= 0.6 is 11.3 Å². The van der Waals surface area contributed by atoms with Gasteiger partial charge >= 0.3 is 5.97 Å². The first kappa shape index (κ1) is 16.4. The largest absolute Gasteiger partial charge is 0.481 e. The molecule has 4 heteroatoms. The summed E-state index contributed by atoms with van der Waals surface area (Å²) in [5.74, 6) is 5.00. The number of carboxylic acids is 1. The molecule has 0 amide bonds. The number of aryl methyl sites for hydroxylation is 1. The van der Waals surface area contributed by atoms with E-state index in [0.29, 0.717) is 16.9 Å². The Hall–Kier alpha value is -2.51. The van der Waals surface area contributed by atoms with Gasteiger partial charge in [0.1, 0.15) is 5.58 Å². The van der Waals surface area contributed by atoms with Crippen molar-refractivity contribution in [2.75, 3.05) is 0 Å². The van der Waals surface area contributed by atoms with Crippen LogP contribution in [0.15, 0.2) is 40.1 Å². The smallest absolute Gasteiger partial charge is 0.311 e. The van der Waals surface area contributed by atoms with Crippen molar-refractivity contribution < 1.29 is 14.3 Å². The average Bonchev–Trinajstić information content (AvgIpc) is 3.13. The van der Waals surface area contributed by atoms with Gasteiger partial charge < -0.3 is 9.52 Å². The summed E-state index contributed by atoms with van der Waals surface area (Å²) < 4.78 is 5.90. The maximum absolute atomic E-state index is 11.9. The summed E-state index contributed by atoms with van der Waals surface area (Å²) in [6, 6.07) is 9.68. The molecule has 0 bridgehead atoms. The number of aliphatic carboxylic acids is 1. The highest BCUT2D eigenvalue weighted by atomic mass is 32.1. The maximum Gasteiger partial charge on any atom is 0.311 e. The lowest BCUT2D eigenvalue weighted by Crippen LogP contribution is -2.18. The first-order valence-electron chi connectivity index (χ1n) is 7.78. The number of thiophene rings is 1. The number of fused-ring (bicyclic) bond motifs is 1. The van der Waals surface area contributed by atoms with Gasteiger partial charge in [0.05, 0.1) is 10.8 Å². The van der Waals surface area contributed by atoms with Crippen molar-refractivity contribution in [1.82, 2.24) is 0 Å². The van der Waals surface area contributed by atoms with Crippen LogP contribution in [0, 0.1) is 24.7 Å². The van der Waals surface area contributed by atoms with E-state index in [1.165, 1.54) is 0 Å². The van der Waals surface area contributed by atoms with Crippen LogP contribution in [0.1, 0.15) is 41.5 Å². The van der Waals surface area contributed by atoms with Crippen molar-refractivity contribution in [2.45, 2.75) is 26.7 Å². The highest BCUT2D eigenvalue weighted by Crippen LogP contribution is 2.36. The molecule has 1 aromatic carbocycles. The molecule has 0 aliphatic carbocycles. The average molecular weight is 338 g/mol. The lowest BCUT2D eigenvalue weighted by Gasteiger charge is -2.15. The lowest BCUT2D eigenvalue weighted by molar-refractivity contribution is -0.139. The van der Waals surface area contributed by atoms with Gasteiger partial charge in [-0.1, -0.05) is 31.5 Å². The van der Waals surface area contributed by atoms with Crippen LogP contribution in [-0.2, 0) is 4.79 Å². The Morgan fingerprint density at radius 2 is 2.04 bits per heavy atom. The Morgan fingerprint density at radius 3 is 2.67 bits per heavy atom. The molecule has 3 aromatic rings. The van der Waals surface area contributed by atoms with Crippen LogP contribution in [0.3, 0.4) is 0 Å². The number of furan rings is 1. The molecule has 1 atom stereocenters. The summed E-state index contributed by atoms with van der Waals surface area (Å²) in [6.07, 6.45) is 0. The second-order valence-corrected chi connectivity index (χ2v) is 7.08. The fourth-order valence-electron chi connectivity index (χ4n) is 2.84. The number of hydrogen-bond acceptors (Lipinski definition) is 3. The zero-order valence-electron chi connectivity index (χ0n) is 13.8. The monoisotopic (exact) mass is 338 g/mol. The summed E-state index contributed by atoms with van der Waals surface area (Å²) in [6.45, 7) is 5.80. The van der Waals surface area contributed by atoms with Gasteiger partial charge in [0.15, 0.2) is 5.76 Å². The molecule has 0 spiro atoms. The van der Waals surface area contributed by atoms with Crippen molar-refractivity contribution in [3.63, 3.8) is 0 Å². The molecule has 3 rings (SSSR count). The van der Waals surface area contributed by atoms with E-state index in [2.05, 4.69) is 11.8 Å². The fraction of sp³-hybridized carbons (Fsp3) is 0.250. The van der Waals surface area contributed by atoms with Crippen LogP contribution in [0.5, 0.6) is 0 Å². The fourth-order valence-corrected chi connectivity index (χ4v) is 3.41. The van der Waals surface area contributed by atoms with E-state index in [9.17, 15) is 9.90 Å². The summed E-state index contributed by atoms with van der Waals surface area (Å²) in [7, 11) is 0. The Bertz CT molecular complexity index is 937. The Balaban J connectivity index is 2.24. The van der Waals surface area contributed by atoms with Crippen molar-refractivity contribution in [2.24, 2.45) is 5.92 Å². The number of hydrogen-bond donors (Lipinski definition) is 1. The minimum absolute atomic E-state index is 0.0638. The van der Waals surface area contributed by atoms with Crippen LogP contribution < -0.4 is 0 Å². The van der Waals surface area contributed by atoms with Crippen molar-refractivity contribution >= 4 is 28.3 Å². The molecular weight excluding hydrogens is 320 g/mol. The highest BCUT2D eigenvalue weighted by Gasteiger charge is 2.30. The predicted octanol–water partition coefficient (Wildman–Crippen LogP) is 5.03. The number of benzene rings is 1. The van der Waals surface area contributed by atoms with E-state index >= 15 is 0 Å². The molecule has 0 fully saturated rings. The van der Waals surface area contributed by atoms with Gasteiger partial charge in [-0.3, -0.25) is 4.79 Å². The minimum Gasteiger partial charge on any atom is -0.481 e. The molecule has 0 radical (unpaired) electrons. The zero-order chi connectivity index (χ0) is 17.3. The third-order valence-corrected chi connectivity index (χ3v) is 4.73. The van der Waals surface area contributed by atoms with Gasteiger partial charge in [0, 0.05) is 10.9 Å². The lowest BCUT2D eigenvalue weighted by atomic mass is 9.86. The van der Waals surface area contributed by atoms with Crippen LogP contribution in [-0.4, -0.2) is 11.1 Å². The number of carbonyl (C=O) groups is 1. The number of carboxylic acid groups (broad SMARTS) is 1. The second kappa shape index (κ2) is 6.54. The quantitative estimate of drug-likeness (QED) is 0.682. The third-order valence-electron chi connectivity index (χ3n) is 3.95. The summed E-state index contributed by atoms with van der Waals surface area (Å²) in [5, 5.41) is 12.5. The first-order chi connectivity index (χ1) is 11.5. The molecule has 0 saturated heterocycles. The van der Waals surface area contributed by atoms with Gasteiger partial charge in [-0.25, -0.2) is 0 Å². The van der Waals surface area contributed by atoms with E-state index in [4.69, 9.17) is 4.42 Å². The highest BCUT2D eigenvalue weighted by molar-refractivity contribution is 7.10. The molecule has 1 N–H and O–H groups in total. The summed E-state index contributed by atoms with van der Waals surface area (Å²) >= 11 is 1.55. The van der Waals surface area contributed by atoms with Gasteiger partial charge in [-0.05, 0) is 48.3 Å². The van der Waals surface area contributed by atoms with Crippen LogP contribution in [0.4, 0.5) is 0 Å². The van der Waals surface area contributed by atoms with E-state index in [-0.39, 0.29) is 5.92 Å². The van der Waals surface area contributed by atoms with Gasteiger partial charge in [-0.2, -0.15) is 0 Å². The van der Waals surface area contributed by atoms with Crippen LogP contribution in [0.25, 0.3) is 11.0 Å². The molecule has 2 aromatic heterocycles. The Labute approximate surface area is 144 Å². The maximum atomic E-state index is 11.9. The topological polar surface area (TPSA) is 50.4 Å². The van der Waals surface area contributed by atoms with Gasteiger partial charge in [0.25, 0.3) is 0 Å². The normalized spacial score (nSPS) is 12.2. The molecule has 2 heterocycles. The summed E-state index contributed by atoms with van der Waals surface area (Å²) in [5.41, 5.74) is 2.42. The van der Waals surface area contributed by atoms with Crippen molar-refractivity contribution in [3.8, 4) is 11.8 Å². The van der Waals surface area contributed by atoms with E-state index < -0.39 is 11.9 Å². The molecule has 0 aliphatic rings.